The number of nitrogens with zero attached hydrogens (tertiary/aromatic N) is 2. The third kappa shape index (κ3) is 3.60. The number of hydrogen-bond acceptors (Lipinski definition) is 5. The number of carbonyl (C=O) groups is 1. The van der Waals surface area contributed by atoms with Gasteiger partial charge in [0.25, 0.3) is 11.5 Å². The van der Waals surface area contributed by atoms with Gasteiger partial charge in [-0.1, -0.05) is 12.1 Å². The summed E-state index contributed by atoms with van der Waals surface area (Å²) in [6.07, 6.45) is 1.45. The third-order valence-electron chi connectivity index (χ3n) is 4.73. The zero-order chi connectivity index (χ0) is 21.1. The Morgan fingerprint density at radius 2 is 1.73 bits per heavy atom. The van der Waals surface area contributed by atoms with Crippen molar-refractivity contribution in [2.24, 2.45) is 0 Å². The van der Waals surface area contributed by atoms with Gasteiger partial charge in [-0.05, 0) is 54.6 Å². The Hall–Kier alpha value is -4.13. The van der Waals surface area contributed by atoms with Crippen LogP contribution in [0.4, 0.5) is 5.69 Å². The molecule has 30 heavy (non-hydrogen) atoms. The molecule has 1 aromatic heterocycles. The summed E-state index contributed by atoms with van der Waals surface area (Å²) in [6, 6.07) is 19.1. The van der Waals surface area contributed by atoms with Crippen molar-refractivity contribution in [1.29, 1.82) is 0 Å². The molecule has 0 spiro atoms. The van der Waals surface area contributed by atoms with Gasteiger partial charge in [-0.15, -0.1) is 0 Å². The molecule has 1 N–H and O–H groups in total. The molecule has 0 aliphatic carbocycles. The number of ether oxygens (including phenoxy) is 2. The zero-order valence-electron chi connectivity index (χ0n) is 16.5. The molecule has 150 valence electrons. The van der Waals surface area contributed by atoms with Crippen LogP contribution in [0, 0.1) is 0 Å². The predicted octanol–water partition coefficient (Wildman–Crippen LogP) is 3.66. The number of carbonyl (C=O) groups excluding carboxylic acids is 1. The Kier molecular flexibility index (Phi) is 5.17. The fourth-order valence-corrected chi connectivity index (χ4v) is 3.13. The van der Waals surface area contributed by atoms with E-state index in [1.807, 2.05) is 12.1 Å². The van der Waals surface area contributed by atoms with Gasteiger partial charge in [-0.25, -0.2) is 4.98 Å². The number of methoxy groups -OCH3 is 2. The van der Waals surface area contributed by atoms with Crippen LogP contribution in [0.1, 0.15) is 10.4 Å². The molecule has 0 atom stereocenters. The lowest BCUT2D eigenvalue weighted by Gasteiger charge is -2.11. The molecule has 4 aromatic rings. The number of fused-ring (bicyclic) bond motifs is 1. The molecule has 1 heterocycles. The molecule has 7 nitrogen and oxygen atoms in total. The molecular weight excluding hydrogens is 382 g/mol. The summed E-state index contributed by atoms with van der Waals surface area (Å²) in [5.41, 5.74) is 1.85. The summed E-state index contributed by atoms with van der Waals surface area (Å²) in [5.74, 6) is 0.945. The number of nitrogens with one attached hydrogen (secondary N) is 1. The van der Waals surface area contributed by atoms with Gasteiger partial charge < -0.3 is 14.8 Å². The first-order chi connectivity index (χ1) is 14.6. The molecule has 0 fully saturated rings. The van der Waals surface area contributed by atoms with E-state index in [0.29, 0.717) is 39.3 Å². The van der Waals surface area contributed by atoms with Crippen molar-refractivity contribution in [2.45, 2.75) is 0 Å². The molecular formula is C23H19N3O4. The van der Waals surface area contributed by atoms with Crippen LogP contribution in [-0.4, -0.2) is 29.7 Å². The van der Waals surface area contributed by atoms with E-state index in [-0.39, 0.29) is 11.5 Å². The van der Waals surface area contributed by atoms with E-state index in [2.05, 4.69) is 10.3 Å². The van der Waals surface area contributed by atoms with E-state index >= 15 is 0 Å². The normalized spacial score (nSPS) is 10.6. The topological polar surface area (TPSA) is 82.5 Å². The number of aromatic nitrogens is 2. The summed E-state index contributed by atoms with van der Waals surface area (Å²) in [7, 11) is 3.12. The van der Waals surface area contributed by atoms with E-state index in [4.69, 9.17) is 9.47 Å². The average molecular weight is 401 g/mol. The Labute approximate surface area is 172 Å². The largest absolute Gasteiger partial charge is 0.497 e. The highest BCUT2D eigenvalue weighted by Crippen LogP contribution is 2.24. The van der Waals surface area contributed by atoms with Crippen LogP contribution in [0.2, 0.25) is 0 Å². The number of amides is 1. The van der Waals surface area contributed by atoms with E-state index in [1.54, 1.807) is 68.8 Å². The maximum atomic E-state index is 12.9. The average Bonchev–Trinajstić information content (AvgIpc) is 2.79. The summed E-state index contributed by atoms with van der Waals surface area (Å²) in [5, 5.41) is 3.24. The first kappa shape index (κ1) is 19.2. The molecule has 0 bridgehead atoms. The van der Waals surface area contributed by atoms with Crippen LogP contribution in [0.15, 0.2) is 77.9 Å². The highest BCUT2D eigenvalue weighted by molar-refractivity contribution is 6.06. The molecule has 4 rings (SSSR count). The van der Waals surface area contributed by atoms with E-state index in [1.165, 1.54) is 10.9 Å². The minimum absolute atomic E-state index is 0.221. The minimum atomic E-state index is -0.317. The van der Waals surface area contributed by atoms with E-state index in [0.717, 1.165) is 0 Å². The van der Waals surface area contributed by atoms with Crippen molar-refractivity contribution in [1.82, 2.24) is 9.55 Å². The van der Waals surface area contributed by atoms with Crippen molar-refractivity contribution >= 4 is 22.5 Å². The Balaban J connectivity index is 1.66. The van der Waals surface area contributed by atoms with Gasteiger partial charge in [-0.3, -0.25) is 14.2 Å². The maximum Gasteiger partial charge on any atom is 0.265 e. The molecule has 0 saturated heterocycles. The van der Waals surface area contributed by atoms with Gasteiger partial charge >= 0.3 is 0 Å². The summed E-state index contributed by atoms with van der Waals surface area (Å²) in [6.45, 7) is 0. The number of benzene rings is 3. The van der Waals surface area contributed by atoms with Gasteiger partial charge in [0.1, 0.15) is 17.8 Å². The Morgan fingerprint density at radius 1 is 0.967 bits per heavy atom. The van der Waals surface area contributed by atoms with Gasteiger partial charge in [-0.2, -0.15) is 0 Å². The highest BCUT2D eigenvalue weighted by atomic mass is 16.5. The minimum Gasteiger partial charge on any atom is -0.497 e. The Bertz CT molecular complexity index is 1280. The van der Waals surface area contributed by atoms with Crippen molar-refractivity contribution in [3.05, 3.63) is 89.0 Å². The first-order valence-electron chi connectivity index (χ1n) is 9.21. The van der Waals surface area contributed by atoms with Gasteiger partial charge in [0, 0.05) is 5.56 Å². The fourth-order valence-electron chi connectivity index (χ4n) is 3.13. The van der Waals surface area contributed by atoms with Crippen LogP contribution in [-0.2, 0) is 0 Å². The molecule has 0 aliphatic rings. The lowest BCUT2D eigenvalue weighted by molar-refractivity contribution is 0.102. The monoisotopic (exact) mass is 401 g/mol. The van der Waals surface area contributed by atoms with Crippen molar-refractivity contribution in [2.75, 3.05) is 19.5 Å². The van der Waals surface area contributed by atoms with E-state index in [9.17, 15) is 9.59 Å². The zero-order valence-corrected chi connectivity index (χ0v) is 16.5. The van der Waals surface area contributed by atoms with Gasteiger partial charge in [0.2, 0.25) is 0 Å². The lowest BCUT2D eigenvalue weighted by Crippen LogP contribution is -2.19. The summed E-state index contributed by atoms with van der Waals surface area (Å²) in [4.78, 5) is 30.0. The SMILES string of the molecule is COc1ccc(-n2cnc3cc(C(=O)Nc4ccccc4OC)ccc3c2=O)cc1. The van der Waals surface area contributed by atoms with Gasteiger partial charge in [0.15, 0.2) is 0 Å². The second-order valence-corrected chi connectivity index (χ2v) is 6.50. The number of hydrogen-bond donors (Lipinski definition) is 1. The molecule has 0 radical (unpaired) electrons. The molecule has 0 unspecified atom stereocenters. The van der Waals surface area contributed by atoms with Crippen LogP contribution in [0.5, 0.6) is 11.5 Å². The Morgan fingerprint density at radius 3 is 2.47 bits per heavy atom. The van der Waals surface area contributed by atoms with Crippen LogP contribution in [0.25, 0.3) is 16.6 Å². The van der Waals surface area contributed by atoms with Crippen molar-refractivity contribution in [3.8, 4) is 17.2 Å². The van der Waals surface area contributed by atoms with Crippen LogP contribution < -0.4 is 20.3 Å². The second-order valence-electron chi connectivity index (χ2n) is 6.50. The van der Waals surface area contributed by atoms with Crippen LogP contribution in [0.3, 0.4) is 0 Å². The van der Waals surface area contributed by atoms with Gasteiger partial charge in [0.05, 0.1) is 36.5 Å². The molecule has 3 aromatic carbocycles. The molecule has 7 heteroatoms. The number of rotatable bonds is 5. The number of para-hydroxylation sites is 2. The quantitative estimate of drug-likeness (QED) is 0.552. The second kappa shape index (κ2) is 8.08. The molecule has 0 aliphatic heterocycles. The summed E-state index contributed by atoms with van der Waals surface area (Å²) < 4.78 is 11.9. The molecule has 0 saturated carbocycles. The van der Waals surface area contributed by atoms with Crippen molar-refractivity contribution < 1.29 is 14.3 Å². The fraction of sp³-hybridized carbons (Fsp3) is 0.0870. The van der Waals surface area contributed by atoms with E-state index < -0.39 is 0 Å². The smallest absolute Gasteiger partial charge is 0.265 e. The highest BCUT2D eigenvalue weighted by Gasteiger charge is 2.12. The molecule has 1 amide bonds. The third-order valence-corrected chi connectivity index (χ3v) is 4.73. The number of anilines is 1. The van der Waals surface area contributed by atoms with Crippen LogP contribution >= 0.6 is 0 Å². The maximum absolute atomic E-state index is 12.9. The first-order valence-corrected chi connectivity index (χ1v) is 9.21. The predicted molar refractivity (Wildman–Crippen MR) is 115 cm³/mol. The lowest BCUT2D eigenvalue weighted by atomic mass is 10.1. The summed E-state index contributed by atoms with van der Waals surface area (Å²) >= 11 is 0. The van der Waals surface area contributed by atoms with Crippen molar-refractivity contribution in [3.63, 3.8) is 0 Å². The standard InChI is InChI=1S/C23H19N3O4/c1-29-17-10-8-16(9-11-17)26-14-24-20-13-15(7-12-18(20)23(26)28)22(27)25-19-5-3-4-6-21(19)30-2/h3-14H,1-2H3,(H,25,27).